The van der Waals surface area contributed by atoms with Gasteiger partial charge < -0.3 is 10.2 Å². The van der Waals surface area contributed by atoms with Gasteiger partial charge in [-0.2, -0.15) is 13.2 Å². The minimum Gasteiger partial charge on any atom is -0.343 e. The first-order valence-electron chi connectivity index (χ1n) is 6.97. The van der Waals surface area contributed by atoms with Gasteiger partial charge in [0.1, 0.15) is 18.6 Å². The van der Waals surface area contributed by atoms with Crippen molar-refractivity contribution >= 4 is 11.8 Å². The van der Waals surface area contributed by atoms with Crippen molar-refractivity contribution in [3.63, 3.8) is 0 Å². The molecule has 1 N–H and O–H groups in total. The van der Waals surface area contributed by atoms with Crippen molar-refractivity contribution in [2.45, 2.75) is 57.3 Å². The van der Waals surface area contributed by atoms with Gasteiger partial charge in [-0.3, -0.25) is 9.59 Å². The molecule has 2 amide bonds. The number of nitrogens with one attached hydrogen (secondary N) is 1. The second kappa shape index (κ2) is 5.61. The van der Waals surface area contributed by atoms with Gasteiger partial charge >= 0.3 is 6.18 Å². The van der Waals surface area contributed by atoms with Crippen molar-refractivity contribution in [1.29, 1.82) is 0 Å². The molecule has 0 aromatic rings. The standard InChI is InChI=1S/C13H19F3N2O2/c1-8-12(20)18(7-13(14,15)16)10(11(19)17-8)9-5-3-2-4-6-9/h8-10H,2-7H2,1H3,(H,17,19). The molecule has 20 heavy (non-hydrogen) atoms. The monoisotopic (exact) mass is 292 g/mol. The number of amides is 2. The van der Waals surface area contributed by atoms with E-state index in [-0.39, 0.29) is 5.92 Å². The summed E-state index contributed by atoms with van der Waals surface area (Å²) in [5.74, 6) is -1.26. The summed E-state index contributed by atoms with van der Waals surface area (Å²) in [4.78, 5) is 24.8. The molecule has 0 spiro atoms. The first-order chi connectivity index (χ1) is 9.29. The first-order valence-corrected chi connectivity index (χ1v) is 6.97. The average molecular weight is 292 g/mol. The zero-order valence-electron chi connectivity index (χ0n) is 11.4. The number of halogens is 3. The number of rotatable bonds is 2. The lowest BCUT2D eigenvalue weighted by atomic mass is 9.81. The molecule has 0 aromatic carbocycles. The molecule has 0 aromatic heterocycles. The number of carbonyl (C=O) groups excluding carboxylic acids is 2. The predicted molar refractivity (Wildman–Crippen MR) is 65.7 cm³/mol. The van der Waals surface area contributed by atoms with Crippen LogP contribution in [0.5, 0.6) is 0 Å². The lowest BCUT2D eigenvalue weighted by Crippen LogP contribution is -2.66. The molecule has 2 unspecified atom stereocenters. The summed E-state index contributed by atoms with van der Waals surface area (Å²) in [6.45, 7) is 0.0749. The van der Waals surface area contributed by atoms with E-state index in [1.165, 1.54) is 6.92 Å². The Kier molecular flexibility index (Phi) is 4.25. The fourth-order valence-electron chi connectivity index (χ4n) is 3.18. The van der Waals surface area contributed by atoms with E-state index >= 15 is 0 Å². The number of hydrogen-bond acceptors (Lipinski definition) is 2. The van der Waals surface area contributed by atoms with Crippen molar-refractivity contribution in [2.24, 2.45) is 5.92 Å². The molecule has 2 aliphatic rings. The second-order valence-corrected chi connectivity index (χ2v) is 5.65. The Balaban J connectivity index is 2.22. The van der Waals surface area contributed by atoms with Gasteiger partial charge in [0.05, 0.1) is 0 Å². The van der Waals surface area contributed by atoms with Crippen LogP contribution in [0.15, 0.2) is 0 Å². The minimum absolute atomic E-state index is 0.164. The Labute approximate surface area is 115 Å². The molecular weight excluding hydrogens is 273 g/mol. The van der Waals surface area contributed by atoms with Crippen molar-refractivity contribution in [1.82, 2.24) is 10.2 Å². The maximum Gasteiger partial charge on any atom is 0.406 e. The van der Waals surface area contributed by atoms with Crippen LogP contribution in [0.1, 0.15) is 39.0 Å². The van der Waals surface area contributed by atoms with Gasteiger partial charge in [0.15, 0.2) is 0 Å². The molecule has 1 aliphatic heterocycles. The largest absolute Gasteiger partial charge is 0.406 e. The molecule has 1 saturated carbocycles. The smallest absolute Gasteiger partial charge is 0.343 e. The van der Waals surface area contributed by atoms with Crippen LogP contribution in [0.25, 0.3) is 0 Å². The summed E-state index contributed by atoms with van der Waals surface area (Å²) in [5, 5.41) is 2.49. The molecule has 114 valence electrons. The predicted octanol–water partition coefficient (Wildman–Crippen LogP) is 1.84. The highest BCUT2D eigenvalue weighted by atomic mass is 19.4. The molecule has 2 rings (SSSR count). The fraction of sp³-hybridized carbons (Fsp3) is 0.846. The highest BCUT2D eigenvalue weighted by Crippen LogP contribution is 2.32. The Morgan fingerprint density at radius 2 is 1.80 bits per heavy atom. The number of hydrogen-bond donors (Lipinski definition) is 1. The number of piperazine rings is 1. The van der Waals surface area contributed by atoms with E-state index in [9.17, 15) is 22.8 Å². The first kappa shape index (κ1) is 15.1. The average Bonchev–Trinajstić information content (AvgIpc) is 2.35. The maximum atomic E-state index is 12.7. The van der Waals surface area contributed by atoms with Crippen LogP contribution in [0.2, 0.25) is 0 Å². The van der Waals surface area contributed by atoms with Crippen LogP contribution in [-0.2, 0) is 9.59 Å². The van der Waals surface area contributed by atoms with E-state index in [0.717, 1.165) is 24.2 Å². The Morgan fingerprint density at radius 3 is 2.35 bits per heavy atom. The van der Waals surface area contributed by atoms with Crippen molar-refractivity contribution in [2.75, 3.05) is 6.54 Å². The number of nitrogens with zero attached hydrogens (tertiary/aromatic N) is 1. The summed E-state index contributed by atoms with van der Waals surface area (Å²) in [6.07, 6.45) is -0.243. The topological polar surface area (TPSA) is 49.4 Å². The number of alkyl halides is 3. The SMILES string of the molecule is CC1NC(=O)C(C2CCCCC2)N(CC(F)(F)F)C1=O. The maximum absolute atomic E-state index is 12.7. The van der Waals surface area contributed by atoms with Gasteiger partial charge in [-0.05, 0) is 25.7 Å². The zero-order valence-corrected chi connectivity index (χ0v) is 11.4. The Morgan fingerprint density at radius 1 is 1.20 bits per heavy atom. The molecule has 1 heterocycles. The number of carbonyl (C=O) groups is 2. The van der Waals surface area contributed by atoms with Crippen LogP contribution in [0.3, 0.4) is 0 Å². The van der Waals surface area contributed by atoms with Crippen molar-refractivity contribution < 1.29 is 22.8 Å². The molecule has 0 radical (unpaired) electrons. The van der Waals surface area contributed by atoms with Gasteiger partial charge in [0.2, 0.25) is 11.8 Å². The van der Waals surface area contributed by atoms with Crippen molar-refractivity contribution in [3.8, 4) is 0 Å². The molecule has 1 aliphatic carbocycles. The van der Waals surface area contributed by atoms with E-state index in [2.05, 4.69) is 5.32 Å². The highest BCUT2D eigenvalue weighted by Gasteiger charge is 2.47. The van der Waals surface area contributed by atoms with E-state index < -0.39 is 36.6 Å². The summed E-state index contributed by atoms with van der Waals surface area (Å²) in [5.41, 5.74) is 0. The van der Waals surface area contributed by atoms with Gasteiger partial charge in [0, 0.05) is 0 Å². The normalized spacial score (nSPS) is 29.5. The summed E-state index contributed by atoms with van der Waals surface area (Å²) in [7, 11) is 0. The summed E-state index contributed by atoms with van der Waals surface area (Å²) in [6, 6.07) is -1.86. The van der Waals surface area contributed by atoms with E-state index in [1.54, 1.807) is 0 Å². The minimum atomic E-state index is -4.49. The van der Waals surface area contributed by atoms with E-state index in [1.807, 2.05) is 0 Å². The third-order valence-electron chi connectivity index (χ3n) is 4.06. The molecule has 2 atom stereocenters. The lowest BCUT2D eigenvalue weighted by Gasteiger charge is -2.42. The quantitative estimate of drug-likeness (QED) is 0.844. The fourth-order valence-corrected chi connectivity index (χ4v) is 3.18. The van der Waals surface area contributed by atoms with Crippen LogP contribution >= 0.6 is 0 Å². The van der Waals surface area contributed by atoms with E-state index in [4.69, 9.17) is 0 Å². The third-order valence-corrected chi connectivity index (χ3v) is 4.06. The molecule has 4 nitrogen and oxygen atoms in total. The zero-order chi connectivity index (χ0) is 14.9. The van der Waals surface area contributed by atoms with E-state index in [0.29, 0.717) is 12.8 Å². The van der Waals surface area contributed by atoms with Crippen LogP contribution in [-0.4, -0.2) is 41.5 Å². The highest BCUT2D eigenvalue weighted by molar-refractivity contribution is 5.97. The van der Waals surface area contributed by atoms with Gasteiger partial charge in [0.25, 0.3) is 0 Å². The molecule has 7 heteroatoms. The summed E-state index contributed by atoms with van der Waals surface area (Å²) >= 11 is 0. The van der Waals surface area contributed by atoms with Gasteiger partial charge in [-0.1, -0.05) is 19.3 Å². The Bertz CT molecular complexity index is 392. The van der Waals surface area contributed by atoms with Crippen LogP contribution < -0.4 is 5.32 Å². The third kappa shape index (κ3) is 3.24. The van der Waals surface area contributed by atoms with Crippen LogP contribution in [0, 0.1) is 5.92 Å². The molecule has 2 fully saturated rings. The van der Waals surface area contributed by atoms with Gasteiger partial charge in [-0.25, -0.2) is 0 Å². The molecular formula is C13H19F3N2O2. The Hall–Kier alpha value is -1.27. The second-order valence-electron chi connectivity index (χ2n) is 5.65. The lowest BCUT2D eigenvalue weighted by molar-refractivity contribution is -0.176. The van der Waals surface area contributed by atoms with Crippen LogP contribution in [0.4, 0.5) is 13.2 Å². The summed E-state index contributed by atoms with van der Waals surface area (Å²) < 4.78 is 38.0. The van der Waals surface area contributed by atoms with Crippen molar-refractivity contribution in [3.05, 3.63) is 0 Å². The van der Waals surface area contributed by atoms with Gasteiger partial charge in [-0.15, -0.1) is 0 Å². The molecule has 0 bridgehead atoms. The molecule has 1 saturated heterocycles.